The minimum Gasteiger partial charge on any atom is -0.271 e. The van der Waals surface area contributed by atoms with E-state index in [4.69, 9.17) is 0 Å². The fourth-order valence-electron chi connectivity index (χ4n) is 2.80. The van der Waals surface area contributed by atoms with Gasteiger partial charge in [-0.15, -0.1) is 4.58 Å². The summed E-state index contributed by atoms with van der Waals surface area (Å²) in [6.45, 7) is 9.87. The summed E-state index contributed by atoms with van der Waals surface area (Å²) in [5, 5.41) is 4.46. The van der Waals surface area contributed by atoms with Gasteiger partial charge < -0.3 is 0 Å². The number of aryl methyl sites for hydroxylation is 3. The highest BCUT2D eigenvalue weighted by molar-refractivity contribution is 5.97. The minimum atomic E-state index is -0.237. The Morgan fingerprint density at radius 2 is 1.80 bits per heavy atom. The molecule has 0 bridgehead atoms. The smallest absolute Gasteiger partial charge is 0.271 e. The van der Waals surface area contributed by atoms with Gasteiger partial charge in [-0.05, 0) is 38.0 Å². The third-order valence-electron chi connectivity index (χ3n) is 4.42. The first-order chi connectivity index (χ1) is 11.9. The SMILES string of the molecule is C=[N+](C(=O)c1nn(C)c(C)c1-c1ccncc1C)c1ccc(C)cc1. The molecular weight excluding hydrogens is 312 g/mol. The van der Waals surface area contributed by atoms with E-state index in [0.29, 0.717) is 5.69 Å². The number of hydrogen-bond donors (Lipinski definition) is 0. The van der Waals surface area contributed by atoms with E-state index in [0.717, 1.165) is 33.6 Å². The second-order valence-corrected chi connectivity index (χ2v) is 6.19. The van der Waals surface area contributed by atoms with E-state index in [1.807, 2.05) is 58.2 Å². The molecule has 25 heavy (non-hydrogen) atoms. The van der Waals surface area contributed by atoms with E-state index >= 15 is 0 Å². The number of carbonyl (C=O) groups is 1. The zero-order chi connectivity index (χ0) is 18.1. The summed E-state index contributed by atoms with van der Waals surface area (Å²) in [5.74, 6) is -0.237. The number of aromatic nitrogens is 3. The van der Waals surface area contributed by atoms with Crippen LogP contribution in [0.25, 0.3) is 11.1 Å². The number of nitrogens with zero attached hydrogens (tertiary/aromatic N) is 4. The van der Waals surface area contributed by atoms with Gasteiger partial charge in [0, 0.05) is 42.8 Å². The van der Waals surface area contributed by atoms with Crippen LogP contribution in [-0.4, -0.2) is 32.0 Å². The first-order valence-electron chi connectivity index (χ1n) is 8.06. The van der Waals surface area contributed by atoms with E-state index in [-0.39, 0.29) is 5.91 Å². The molecule has 0 saturated carbocycles. The fourth-order valence-corrected chi connectivity index (χ4v) is 2.80. The van der Waals surface area contributed by atoms with Crippen molar-refractivity contribution in [3.05, 3.63) is 65.2 Å². The van der Waals surface area contributed by atoms with Crippen molar-refractivity contribution in [3.63, 3.8) is 0 Å². The zero-order valence-corrected chi connectivity index (χ0v) is 14.9. The van der Waals surface area contributed by atoms with Gasteiger partial charge in [0.1, 0.15) is 6.72 Å². The van der Waals surface area contributed by atoms with Crippen molar-refractivity contribution in [2.75, 3.05) is 0 Å². The van der Waals surface area contributed by atoms with Crippen molar-refractivity contribution in [1.82, 2.24) is 14.8 Å². The molecule has 3 aromatic rings. The lowest BCUT2D eigenvalue weighted by Crippen LogP contribution is -2.16. The maximum absolute atomic E-state index is 13.1. The molecule has 0 spiro atoms. The maximum Gasteiger partial charge on any atom is 0.445 e. The van der Waals surface area contributed by atoms with E-state index in [1.165, 1.54) is 4.58 Å². The van der Waals surface area contributed by atoms with Crippen LogP contribution >= 0.6 is 0 Å². The summed E-state index contributed by atoms with van der Waals surface area (Å²) in [7, 11) is 1.84. The van der Waals surface area contributed by atoms with Crippen LogP contribution in [0, 0.1) is 20.8 Å². The van der Waals surface area contributed by atoms with Gasteiger partial charge in [0.2, 0.25) is 11.4 Å². The molecule has 0 radical (unpaired) electrons. The average molecular weight is 333 g/mol. The van der Waals surface area contributed by atoms with Crippen molar-refractivity contribution in [1.29, 1.82) is 0 Å². The molecule has 0 atom stereocenters. The van der Waals surface area contributed by atoms with E-state index in [1.54, 1.807) is 17.1 Å². The molecule has 0 fully saturated rings. The van der Waals surface area contributed by atoms with Crippen LogP contribution < -0.4 is 0 Å². The topological polar surface area (TPSA) is 50.8 Å². The molecule has 126 valence electrons. The monoisotopic (exact) mass is 333 g/mol. The normalized spacial score (nSPS) is 10.7. The highest BCUT2D eigenvalue weighted by Crippen LogP contribution is 2.30. The second kappa shape index (κ2) is 6.43. The molecule has 1 amide bonds. The Balaban J connectivity index is 2.10. The largest absolute Gasteiger partial charge is 0.445 e. The Hall–Kier alpha value is -3.08. The molecule has 0 saturated heterocycles. The summed E-state index contributed by atoms with van der Waals surface area (Å²) in [6.07, 6.45) is 3.52. The molecule has 1 aromatic carbocycles. The van der Waals surface area contributed by atoms with Crippen LogP contribution in [0.5, 0.6) is 0 Å². The van der Waals surface area contributed by atoms with E-state index in [2.05, 4.69) is 16.8 Å². The van der Waals surface area contributed by atoms with Crippen LogP contribution in [0.1, 0.15) is 27.3 Å². The first kappa shape index (κ1) is 16.8. The highest BCUT2D eigenvalue weighted by Gasteiger charge is 2.30. The Morgan fingerprint density at radius 1 is 1.12 bits per heavy atom. The zero-order valence-electron chi connectivity index (χ0n) is 14.9. The van der Waals surface area contributed by atoms with Crippen molar-refractivity contribution in [3.8, 4) is 11.1 Å². The van der Waals surface area contributed by atoms with Crippen LogP contribution in [0.15, 0.2) is 42.7 Å². The molecule has 0 aliphatic rings. The van der Waals surface area contributed by atoms with Crippen LogP contribution in [0.2, 0.25) is 0 Å². The third-order valence-corrected chi connectivity index (χ3v) is 4.42. The Labute approximate surface area is 147 Å². The van der Waals surface area contributed by atoms with Crippen LogP contribution in [0.3, 0.4) is 0 Å². The number of rotatable bonds is 3. The number of amides is 1. The number of benzene rings is 1. The van der Waals surface area contributed by atoms with Gasteiger partial charge in [0.05, 0.1) is 0 Å². The molecule has 3 rings (SSSR count). The summed E-state index contributed by atoms with van der Waals surface area (Å²) in [5.41, 5.74) is 5.97. The van der Waals surface area contributed by atoms with E-state index in [9.17, 15) is 4.79 Å². The van der Waals surface area contributed by atoms with Crippen molar-refractivity contribution >= 4 is 18.3 Å². The number of hydrogen-bond acceptors (Lipinski definition) is 3. The summed E-state index contributed by atoms with van der Waals surface area (Å²) < 4.78 is 3.12. The number of pyridine rings is 1. The molecule has 0 aliphatic heterocycles. The van der Waals surface area contributed by atoms with Gasteiger partial charge in [0.25, 0.3) is 0 Å². The van der Waals surface area contributed by atoms with Gasteiger partial charge in [-0.2, -0.15) is 5.10 Å². The Bertz CT molecular complexity index is 968. The van der Waals surface area contributed by atoms with Crippen molar-refractivity contribution < 1.29 is 9.37 Å². The van der Waals surface area contributed by atoms with Gasteiger partial charge in [0.15, 0.2) is 0 Å². The predicted molar refractivity (Wildman–Crippen MR) is 98.5 cm³/mol. The lowest BCUT2D eigenvalue weighted by molar-refractivity contribution is -0.325. The average Bonchev–Trinajstić information content (AvgIpc) is 2.90. The first-order valence-corrected chi connectivity index (χ1v) is 8.06. The highest BCUT2D eigenvalue weighted by atomic mass is 16.2. The molecular formula is C20H21N4O+. The molecule has 0 aliphatic carbocycles. The molecule has 0 unspecified atom stereocenters. The number of carbonyl (C=O) groups excluding carboxylic acids is 1. The fraction of sp³-hybridized carbons (Fsp3) is 0.200. The maximum atomic E-state index is 13.1. The van der Waals surface area contributed by atoms with Gasteiger partial charge in [-0.3, -0.25) is 9.67 Å². The van der Waals surface area contributed by atoms with Crippen molar-refractivity contribution in [2.45, 2.75) is 20.8 Å². The molecule has 5 nitrogen and oxygen atoms in total. The Kier molecular flexibility index (Phi) is 4.31. The lowest BCUT2D eigenvalue weighted by atomic mass is 10.00. The van der Waals surface area contributed by atoms with Crippen molar-refractivity contribution in [2.24, 2.45) is 7.05 Å². The summed E-state index contributed by atoms with van der Waals surface area (Å²) in [4.78, 5) is 17.2. The van der Waals surface area contributed by atoms with Crippen LogP contribution in [0.4, 0.5) is 5.69 Å². The molecule has 2 heterocycles. The van der Waals surface area contributed by atoms with E-state index < -0.39 is 0 Å². The van der Waals surface area contributed by atoms with Gasteiger partial charge in [-0.25, -0.2) is 4.79 Å². The quantitative estimate of drug-likeness (QED) is 0.544. The molecule has 2 aromatic heterocycles. The summed E-state index contributed by atoms with van der Waals surface area (Å²) in [6, 6.07) is 9.59. The second-order valence-electron chi connectivity index (χ2n) is 6.19. The summed E-state index contributed by atoms with van der Waals surface area (Å²) >= 11 is 0. The predicted octanol–water partition coefficient (Wildman–Crippen LogP) is 3.59. The Morgan fingerprint density at radius 3 is 2.44 bits per heavy atom. The van der Waals surface area contributed by atoms with Crippen LogP contribution in [-0.2, 0) is 7.05 Å². The minimum absolute atomic E-state index is 0.237. The lowest BCUT2D eigenvalue weighted by Gasteiger charge is -2.06. The molecule has 0 N–H and O–H groups in total. The molecule has 5 heteroatoms. The van der Waals surface area contributed by atoms with Gasteiger partial charge >= 0.3 is 5.91 Å². The van der Waals surface area contributed by atoms with Gasteiger partial charge in [-0.1, -0.05) is 17.7 Å². The third kappa shape index (κ3) is 3.01. The standard InChI is InChI=1S/C20H21N4O/c1-13-6-8-16(9-7-13)23(4)20(25)19-18(15(3)24(5)22-19)17-10-11-21-12-14(17)2/h6-12H,4H2,1-3,5H3/q+1.